The molecule has 1 heterocycles. The Morgan fingerprint density at radius 3 is 2.74 bits per heavy atom. The van der Waals surface area contributed by atoms with E-state index in [2.05, 4.69) is 16.6 Å². The molecule has 0 saturated heterocycles. The summed E-state index contributed by atoms with van der Waals surface area (Å²) in [4.78, 5) is 4.94. The first kappa shape index (κ1) is 14.6. The van der Waals surface area contributed by atoms with Crippen molar-refractivity contribution in [3.05, 3.63) is 23.4 Å². The van der Waals surface area contributed by atoms with Gasteiger partial charge in [-0.3, -0.25) is 0 Å². The molecule has 19 heavy (non-hydrogen) atoms. The first-order valence-electron chi connectivity index (χ1n) is 6.63. The number of hydrogen-bond acceptors (Lipinski definition) is 4. The fourth-order valence-electron chi connectivity index (χ4n) is 2.61. The van der Waals surface area contributed by atoms with Gasteiger partial charge in [0, 0.05) is 17.0 Å². The van der Waals surface area contributed by atoms with E-state index >= 15 is 0 Å². The molecule has 0 spiro atoms. The number of anilines is 1. The first-order chi connectivity index (χ1) is 9.06. The quantitative estimate of drug-likeness (QED) is 0.818. The third kappa shape index (κ3) is 3.39. The predicted molar refractivity (Wildman–Crippen MR) is 88.1 cm³/mol. The zero-order chi connectivity index (χ0) is 13.9. The van der Waals surface area contributed by atoms with Gasteiger partial charge in [0.25, 0.3) is 0 Å². The Bertz CT molecular complexity index is 468. The van der Waals surface area contributed by atoms with Gasteiger partial charge in [0.05, 0.1) is 5.56 Å². The Morgan fingerprint density at radius 2 is 2.16 bits per heavy atom. The summed E-state index contributed by atoms with van der Waals surface area (Å²) in [7, 11) is 0. The Kier molecular flexibility index (Phi) is 4.68. The highest BCUT2D eigenvalue weighted by Crippen LogP contribution is 2.40. The number of rotatable bonds is 5. The first-order valence-corrected chi connectivity index (χ1v) is 8.26. The average Bonchev–Trinajstić information content (AvgIpc) is 2.85. The van der Waals surface area contributed by atoms with Crippen molar-refractivity contribution in [1.29, 1.82) is 0 Å². The third-order valence-corrected chi connectivity index (χ3v) is 5.46. The van der Waals surface area contributed by atoms with Crippen molar-refractivity contribution in [2.24, 2.45) is 5.73 Å². The van der Waals surface area contributed by atoms with E-state index in [-0.39, 0.29) is 0 Å². The van der Waals surface area contributed by atoms with Crippen molar-refractivity contribution in [3.8, 4) is 0 Å². The Hall–Kier alpha value is -0.810. The van der Waals surface area contributed by atoms with Gasteiger partial charge >= 0.3 is 0 Å². The maximum Gasteiger partial charge on any atom is 0.136 e. The number of pyridine rings is 1. The van der Waals surface area contributed by atoms with E-state index in [0.29, 0.717) is 9.74 Å². The van der Waals surface area contributed by atoms with E-state index < -0.39 is 0 Å². The van der Waals surface area contributed by atoms with Gasteiger partial charge in [-0.25, -0.2) is 4.98 Å². The summed E-state index contributed by atoms with van der Waals surface area (Å²) >= 11 is 7.05. The lowest BCUT2D eigenvalue weighted by molar-refractivity contribution is 0.638. The van der Waals surface area contributed by atoms with Crippen LogP contribution in [0, 0.1) is 6.92 Å². The number of nitrogens with one attached hydrogen (secondary N) is 1. The van der Waals surface area contributed by atoms with E-state index in [4.69, 9.17) is 18.0 Å². The van der Waals surface area contributed by atoms with Crippen LogP contribution in [0.3, 0.4) is 0 Å². The van der Waals surface area contributed by atoms with Gasteiger partial charge in [0.15, 0.2) is 0 Å². The van der Waals surface area contributed by atoms with E-state index in [9.17, 15) is 0 Å². The van der Waals surface area contributed by atoms with Gasteiger partial charge in [-0.05, 0) is 38.2 Å². The van der Waals surface area contributed by atoms with Crippen LogP contribution >= 0.6 is 24.0 Å². The minimum atomic E-state index is 0.346. The minimum absolute atomic E-state index is 0.346. The van der Waals surface area contributed by atoms with Crippen LogP contribution in [0.15, 0.2) is 12.1 Å². The van der Waals surface area contributed by atoms with Crippen molar-refractivity contribution in [2.75, 3.05) is 18.1 Å². The molecule has 0 radical (unpaired) electrons. The topological polar surface area (TPSA) is 50.9 Å². The summed E-state index contributed by atoms with van der Waals surface area (Å²) in [5.74, 6) is 0.827. The van der Waals surface area contributed by atoms with Crippen LogP contribution in [0.1, 0.15) is 36.9 Å². The molecule has 5 heteroatoms. The highest BCUT2D eigenvalue weighted by molar-refractivity contribution is 8.00. The molecule has 0 aliphatic heterocycles. The standard InChI is InChI=1S/C14H21N3S2/c1-10-5-6-11(12(15)18)13(17-10)16-9-14(19-2)7-3-4-8-14/h5-6H,3-4,7-9H2,1-2H3,(H2,15,18)(H,16,17). The molecule has 1 aliphatic carbocycles. The number of aromatic nitrogens is 1. The summed E-state index contributed by atoms with van der Waals surface area (Å²) in [6.45, 7) is 2.91. The van der Waals surface area contributed by atoms with Gasteiger partial charge in [0.1, 0.15) is 10.8 Å². The molecule has 3 nitrogen and oxygen atoms in total. The molecule has 104 valence electrons. The van der Waals surface area contributed by atoms with Crippen LogP contribution < -0.4 is 11.1 Å². The molecule has 3 N–H and O–H groups in total. The normalized spacial score (nSPS) is 17.4. The summed E-state index contributed by atoms with van der Waals surface area (Å²) in [6.07, 6.45) is 7.40. The summed E-state index contributed by atoms with van der Waals surface area (Å²) in [6, 6.07) is 3.90. The molecule has 2 rings (SSSR count). The van der Waals surface area contributed by atoms with E-state index in [1.54, 1.807) is 0 Å². The number of nitrogens with zero attached hydrogens (tertiary/aromatic N) is 1. The van der Waals surface area contributed by atoms with Crippen LogP contribution in [0.2, 0.25) is 0 Å². The smallest absolute Gasteiger partial charge is 0.136 e. The van der Waals surface area contributed by atoms with Gasteiger partial charge in [-0.1, -0.05) is 25.1 Å². The molecule has 0 atom stereocenters. The summed E-state index contributed by atoms with van der Waals surface area (Å²) < 4.78 is 0.346. The fraction of sp³-hybridized carbons (Fsp3) is 0.571. The zero-order valence-electron chi connectivity index (χ0n) is 11.5. The molecular weight excluding hydrogens is 274 g/mol. The molecule has 1 aromatic rings. The monoisotopic (exact) mass is 295 g/mol. The summed E-state index contributed by atoms with van der Waals surface area (Å²) in [5.41, 5.74) is 7.58. The van der Waals surface area contributed by atoms with Crippen molar-refractivity contribution in [3.63, 3.8) is 0 Å². The molecule has 1 aliphatic rings. The molecule has 0 unspecified atom stereocenters. The average molecular weight is 295 g/mol. The summed E-state index contributed by atoms with van der Waals surface area (Å²) in [5, 5.41) is 3.47. The van der Waals surface area contributed by atoms with Crippen molar-refractivity contribution in [1.82, 2.24) is 4.98 Å². The van der Waals surface area contributed by atoms with Crippen molar-refractivity contribution >= 4 is 34.8 Å². The fourth-order valence-corrected chi connectivity index (χ4v) is 3.69. The van der Waals surface area contributed by atoms with Gasteiger partial charge in [-0.2, -0.15) is 11.8 Å². The second-order valence-corrected chi connectivity index (χ2v) is 6.87. The third-order valence-electron chi connectivity index (χ3n) is 3.83. The molecular formula is C14H21N3S2. The van der Waals surface area contributed by atoms with Crippen LogP contribution in [0.5, 0.6) is 0 Å². The SMILES string of the molecule is CSC1(CNc2nc(C)ccc2C(N)=S)CCCC1. The predicted octanol–water partition coefficient (Wildman–Crippen LogP) is 3.11. The largest absolute Gasteiger partial charge is 0.389 e. The Morgan fingerprint density at radius 1 is 1.47 bits per heavy atom. The van der Waals surface area contributed by atoms with Gasteiger partial charge < -0.3 is 11.1 Å². The Balaban J connectivity index is 2.14. The maximum absolute atomic E-state index is 5.76. The lowest BCUT2D eigenvalue weighted by Crippen LogP contribution is -2.31. The molecule has 1 fully saturated rings. The molecule has 1 saturated carbocycles. The van der Waals surface area contributed by atoms with Crippen LogP contribution in [0.25, 0.3) is 0 Å². The van der Waals surface area contributed by atoms with Crippen molar-refractivity contribution in [2.45, 2.75) is 37.4 Å². The zero-order valence-corrected chi connectivity index (χ0v) is 13.2. The number of thioether (sulfide) groups is 1. The highest BCUT2D eigenvalue weighted by Gasteiger charge is 2.32. The number of aryl methyl sites for hydroxylation is 1. The maximum atomic E-state index is 5.76. The second kappa shape index (κ2) is 6.09. The Labute approximate surface area is 124 Å². The number of hydrogen-bond donors (Lipinski definition) is 2. The van der Waals surface area contributed by atoms with E-state index in [1.807, 2.05) is 30.8 Å². The molecule has 0 aromatic carbocycles. The van der Waals surface area contributed by atoms with Gasteiger partial charge in [-0.15, -0.1) is 0 Å². The second-order valence-electron chi connectivity index (χ2n) is 5.16. The highest BCUT2D eigenvalue weighted by atomic mass is 32.2. The molecule has 1 aromatic heterocycles. The van der Waals surface area contributed by atoms with E-state index in [0.717, 1.165) is 23.6 Å². The van der Waals surface area contributed by atoms with Gasteiger partial charge in [0.2, 0.25) is 0 Å². The van der Waals surface area contributed by atoms with Crippen LogP contribution in [0.4, 0.5) is 5.82 Å². The van der Waals surface area contributed by atoms with Crippen LogP contribution in [-0.2, 0) is 0 Å². The lowest BCUT2D eigenvalue weighted by atomic mass is 10.1. The van der Waals surface area contributed by atoms with Crippen molar-refractivity contribution < 1.29 is 0 Å². The van der Waals surface area contributed by atoms with E-state index in [1.165, 1.54) is 25.7 Å². The minimum Gasteiger partial charge on any atom is -0.389 e. The molecule has 0 amide bonds. The number of nitrogens with two attached hydrogens (primary N) is 1. The molecule has 0 bridgehead atoms. The number of thiocarbonyl (C=S) groups is 1. The lowest BCUT2D eigenvalue weighted by Gasteiger charge is -2.27. The van der Waals surface area contributed by atoms with Crippen LogP contribution in [-0.4, -0.2) is 27.5 Å².